The van der Waals surface area contributed by atoms with Crippen LogP contribution < -0.4 is 15.0 Å². The minimum absolute atomic E-state index is 0.209. The lowest BCUT2D eigenvalue weighted by Gasteiger charge is -2.16. The lowest BCUT2D eigenvalue weighted by Crippen LogP contribution is -2.29. The largest absolute Gasteiger partial charge is 0.573 e. The number of benzene rings is 1. The Morgan fingerprint density at radius 3 is 2.67 bits per heavy atom. The number of alkyl halides is 3. The Morgan fingerprint density at radius 2 is 1.94 bits per heavy atom. The first-order valence-corrected chi connectivity index (χ1v) is 10.6. The molecule has 0 saturated heterocycles. The van der Waals surface area contributed by atoms with Crippen LogP contribution in [0.3, 0.4) is 0 Å². The lowest BCUT2D eigenvalue weighted by molar-refractivity contribution is -0.274. The van der Waals surface area contributed by atoms with Gasteiger partial charge in [0.2, 0.25) is 5.95 Å². The molecule has 0 atom stereocenters. The number of rotatable bonds is 6. The van der Waals surface area contributed by atoms with E-state index < -0.39 is 6.36 Å². The summed E-state index contributed by atoms with van der Waals surface area (Å²) in [7, 11) is 0. The van der Waals surface area contributed by atoms with Crippen molar-refractivity contribution in [1.82, 2.24) is 15.0 Å². The molecule has 1 saturated carbocycles. The highest BCUT2D eigenvalue weighted by Gasteiger charge is 2.32. The minimum atomic E-state index is -4.75. The average molecular weight is 455 g/mol. The summed E-state index contributed by atoms with van der Waals surface area (Å²) >= 11 is 0. The van der Waals surface area contributed by atoms with Crippen LogP contribution in [0, 0.1) is 0 Å². The molecule has 1 amide bonds. The first-order chi connectivity index (χ1) is 15.9. The summed E-state index contributed by atoms with van der Waals surface area (Å²) in [5.74, 6) is 0.100. The highest BCUT2D eigenvalue weighted by molar-refractivity contribution is 6.06. The molecule has 0 radical (unpaired) electrons. The summed E-state index contributed by atoms with van der Waals surface area (Å²) in [6.45, 7) is 0.784. The van der Waals surface area contributed by atoms with E-state index in [1.165, 1.54) is 24.5 Å². The third-order valence-corrected chi connectivity index (χ3v) is 5.65. The van der Waals surface area contributed by atoms with E-state index in [2.05, 4.69) is 25.0 Å². The molecule has 1 aliphatic carbocycles. The molecule has 2 aromatic heterocycles. The van der Waals surface area contributed by atoms with Crippen molar-refractivity contribution in [2.75, 3.05) is 16.8 Å². The number of aromatic nitrogens is 3. The molecule has 1 aromatic carbocycles. The highest BCUT2D eigenvalue weighted by Crippen LogP contribution is 2.42. The van der Waals surface area contributed by atoms with Crippen molar-refractivity contribution in [3.8, 4) is 5.75 Å². The van der Waals surface area contributed by atoms with Crippen LogP contribution in [0.15, 0.2) is 49.1 Å². The summed E-state index contributed by atoms with van der Waals surface area (Å²) < 4.78 is 42.2. The number of nitrogens with zero attached hydrogens (tertiary/aromatic N) is 4. The van der Waals surface area contributed by atoms with Crippen LogP contribution in [0.1, 0.15) is 45.8 Å². The number of amides is 1. The van der Waals surface area contributed by atoms with E-state index in [9.17, 15) is 18.0 Å². The number of anilines is 2. The molecule has 1 N–H and O–H groups in total. The van der Waals surface area contributed by atoms with Crippen molar-refractivity contribution in [2.45, 2.75) is 38.1 Å². The zero-order valence-electron chi connectivity index (χ0n) is 17.5. The fourth-order valence-corrected chi connectivity index (χ4v) is 3.93. The average Bonchev–Trinajstić information content (AvgIpc) is 3.55. The van der Waals surface area contributed by atoms with Crippen molar-refractivity contribution >= 4 is 17.5 Å². The number of fused-ring (bicyclic) bond motifs is 1. The Balaban J connectivity index is 1.26. The Kier molecular flexibility index (Phi) is 5.35. The van der Waals surface area contributed by atoms with Gasteiger partial charge in [-0.25, -0.2) is 9.97 Å². The first kappa shape index (κ1) is 21.2. The Morgan fingerprint density at radius 1 is 1.15 bits per heavy atom. The van der Waals surface area contributed by atoms with Crippen molar-refractivity contribution in [3.05, 3.63) is 71.3 Å². The van der Waals surface area contributed by atoms with Gasteiger partial charge >= 0.3 is 6.36 Å². The van der Waals surface area contributed by atoms with Gasteiger partial charge in [0, 0.05) is 31.7 Å². The molecule has 2 aliphatic rings. The minimum Gasteiger partial charge on any atom is -0.406 e. The third-order valence-electron chi connectivity index (χ3n) is 5.65. The van der Waals surface area contributed by atoms with Gasteiger partial charge in [-0.3, -0.25) is 9.78 Å². The molecule has 5 rings (SSSR count). The second-order valence-electron chi connectivity index (χ2n) is 8.09. The zero-order valence-corrected chi connectivity index (χ0v) is 17.5. The van der Waals surface area contributed by atoms with Crippen LogP contribution >= 0.6 is 0 Å². The Labute approximate surface area is 187 Å². The maximum Gasteiger partial charge on any atom is 0.573 e. The van der Waals surface area contributed by atoms with E-state index in [0.29, 0.717) is 17.7 Å². The molecule has 33 heavy (non-hydrogen) atoms. The number of pyridine rings is 1. The highest BCUT2D eigenvalue weighted by atomic mass is 19.4. The van der Waals surface area contributed by atoms with Gasteiger partial charge in [0.05, 0.1) is 17.4 Å². The predicted molar refractivity (Wildman–Crippen MR) is 114 cm³/mol. The molecule has 170 valence electrons. The molecule has 0 bridgehead atoms. The maximum atomic E-state index is 12.9. The molecule has 3 aromatic rings. The van der Waals surface area contributed by atoms with Gasteiger partial charge in [-0.2, -0.15) is 0 Å². The summed E-state index contributed by atoms with van der Waals surface area (Å²) in [6.07, 6.45) is 4.18. The maximum absolute atomic E-state index is 12.9. The van der Waals surface area contributed by atoms with Gasteiger partial charge in [0.25, 0.3) is 5.91 Å². The zero-order chi connectivity index (χ0) is 23.0. The molecule has 3 heterocycles. The van der Waals surface area contributed by atoms with E-state index in [0.717, 1.165) is 36.1 Å². The summed E-state index contributed by atoms with van der Waals surface area (Å²) in [5, 5.41) is 2.99. The Bertz CT molecular complexity index is 1180. The van der Waals surface area contributed by atoms with Gasteiger partial charge in [-0.05, 0) is 60.1 Å². The Hall–Kier alpha value is -3.69. The van der Waals surface area contributed by atoms with Crippen molar-refractivity contribution in [2.24, 2.45) is 0 Å². The number of ether oxygens (including phenoxy) is 1. The molecule has 1 fully saturated rings. The van der Waals surface area contributed by atoms with Gasteiger partial charge in [0.15, 0.2) is 0 Å². The third kappa shape index (κ3) is 4.89. The monoisotopic (exact) mass is 455 g/mol. The van der Waals surface area contributed by atoms with Crippen LogP contribution in [0.25, 0.3) is 0 Å². The fourth-order valence-electron chi connectivity index (χ4n) is 3.93. The second-order valence-corrected chi connectivity index (χ2v) is 8.09. The number of hydrogen-bond donors (Lipinski definition) is 1. The number of halogens is 3. The van der Waals surface area contributed by atoms with Crippen molar-refractivity contribution in [3.63, 3.8) is 0 Å². The number of hydrogen-bond acceptors (Lipinski definition) is 6. The quantitative estimate of drug-likeness (QED) is 0.591. The van der Waals surface area contributed by atoms with Crippen LogP contribution in [-0.2, 0) is 13.0 Å². The van der Waals surface area contributed by atoms with Gasteiger partial charge in [-0.15, -0.1) is 13.2 Å². The summed E-state index contributed by atoms with van der Waals surface area (Å²) in [5.41, 5.74) is 3.66. The second kappa shape index (κ2) is 8.34. The van der Waals surface area contributed by atoms with Crippen LogP contribution in [0.4, 0.5) is 24.8 Å². The topological polar surface area (TPSA) is 80.2 Å². The van der Waals surface area contributed by atoms with E-state index in [4.69, 9.17) is 0 Å². The molecule has 0 spiro atoms. The number of carbonyl (C=O) groups is 1. The summed E-state index contributed by atoms with van der Waals surface area (Å²) in [6, 6.07) is 6.56. The lowest BCUT2D eigenvalue weighted by atomic mass is 10.1. The van der Waals surface area contributed by atoms with Crippen LogP contribution in [-0.4, -0.2) is 33.8 Å². The van der Waals surface area contributed by atoms with E-state index in [1.54, 1.807) is 17.3 Å². The van der Waals surface area contributed by atoms with Crippen LogP contribution in [0.5, 0.6) is 5.75 Å². The standard InChI is InChI=1S/C23H20F3N5O2/c24-23(25,26)33-19-8-14(7-17(9-19)15-1-2-15)10-28-22-29-11-18(12-30-22)21(32)31-6-4-16-3-5-27-13-20(16)31/h3,5,7-9,11-13,15H,1-2,4,6,10H2,(H,28,29,30). The van der Waals surface area contributed by atoms with Crippen molar-refractivity contribution in [1.29, 1.82) is 0 Å². The molecular formula is C23H20F3N5O2. The van der Waals surface area contributed by atoms with E-state index in [-0.39, 0.29) is 30.1 Å². The normalized spacial score (nSPS) is 15.3. The van der Waals surface area contributed by atoms with Crippen LogP contribution in [0.2, 0.25) is 0 Å². The summed E-state index contributed by atoms with van der Waals surface area (Å²) in [4.78, 5) is 27.0. The number of nitrogens with one attached hydrogen (secondary N) is 1. The smallest absolute Gasteiger partial charge is 0.406 e. The number of carbonyl (C=O) groups excluding carboxylic acids is 1. The van der Waals surface area contributed by atoms with Gasteiger partial charge < -0.3 is 15.0 Å². The molecule has 7 nitrogen and oxygen atoms in total. The molecular weight excluding hydrogens is 435 g/mol. The van der Waals surface area contributed by atoms with Gasteiger partial charge in [-0.1, -0.05) is 6.07 Å². The van der Waals surface area contributed by atoms with Gasteiger partial charge in [0.1, 0.15) is 5.75 Å². The SMILES string of the molecule is O=C(c1cnc(NCc2cc(OC(F)(F)F)cc(C3CC3)c2)nc1)N1CCc2ccncc21. The fraction of sp³-hybridized carbons (Fsp3) is 0.304. The van der Waals surface area contributed by atoms with E-state index >= 15 is 0 Å². The first-order valence-electron chi connectivity index (χ1n) is 10.6. The van der Waals surface area contributed by atoms with Crippen molar-refractivity contribution < 1.29 is 22.7 Å². The molecule has 10 heteroatoms. The van der Waals surface area contributed by atoms with E-state index in [1.807, 2.05) is 12.1 Å². The molecule has 0 unspecified atom stereocenters. The predicted octanol–water partition coefficient (Wildman–Crippen LogP) is 4.46. The molecule has 1 aliphatic heterocycles.